The van der Waals surface area contributed by atoms with Crippen molar-refractivity contribution >= 4 is 22.0 Å². The Labute approximate surface area is 68.1 Å². The van der Waals surface area contributed by atoms with Gasteiger partial charge in [-0.05, 0) is 12.8 Å². The Morgan fingerprint density at radius 2 is 2.30 bits per heavy atom. The van der Waals surface area contributed by atoms with Gasteiger partial charge in [0.05, 0.1) is 5.54 Å². The fraction of sp³-hybridized carbons (Fsp3) is 0.833. The van der Waals surface area contributed by atoms with Crippen molar-refractivity contribution in [3.63, 3.8) is 0 Å². The van der Waals surface area contributed by atoms with Gasteiger partial charge in [-0.15, -0.1) is 0 Å². The minimum Gasteiger partial charge on any atom is -0.465 e. The summed E-state index contributed by atoms with van der Waals surface area (Å²) in [6.07, 6.45) is 1.14. The molecule has 1 rings (SSSR count). The van der Waals surface area contributed by atoms with Crippen LogP contribution in [0.4, 0.5) is 4.79 Å². The third kappa shape index (κ3) is 1.12. The van der Waals surface area contributed by atoms with E-state index < -0.39 is 6.09 Å². The molecule has 1 aliphatic rings. The van der Waals surface area contributed by atoms with Gasteiger partial charge in [-0.3, -0.25) is 0 Å². The average Bonchev–Trinajstić information content (AvgIpc) is 2.66. The van der Waals surface area contributed by atoms with Gasteiger partial charge < -0.3 is 10.0 Å². The van der Waals surface area contributed by atoms with Gasteiger partial charge in [-0.2, -0.15) is 0 Å². The van der Waals surface area contributed by atoms with Gasteiger partial charge in [0, 0.05) is 12.4 Å². The van der Waals surface area contributed by atoms with Gasteiger partial charge in [0.15, 0.2) is 0 Å². The van der Waals surface area contributed by atoms with E-state index in [1.54, 1.807) is 7.05 Å². The van der Waals surface area contributed by atoms with Crippen LogP contribution < -0.4 is 0 Å². The number of hydrogen-bond acceptors (Lipinski definition) is 1. The van der Waals surface area contributed by atoms with Crippen molar-refractivity contribution in [2.24, 2.45) is 0 Å². The van der Waals surface area contributed by atoms with Gasteiger partial charge in [0.1, 0.15) is 0 Å². The van der Waals surface area contributed by atoms with Crippen LogP contribution in [0.15, 0.2) is 0 Å². The summed E-state index contributed by atoms with van der Waals surface area (Å²) in [5.41, 5.74) is -0.0775. The van der Waals surface area contributed by atoms with Gasteiger partial charge in [-0.1, -0.05) is 15.9 Å². The molecule has 0 bridgehead atoms. The second kappa shape index (κ2) is 2.42. The molecular weight excluding hydrogens is 198 g/mol. The number of carboxylic acid groups (broad SMARTS) is 1. The third-order valence-corrected chi connectivity index (χ3v) is 3.12. The van der Waals surface area contributed by atoms with Crippen molar-refractivity contribution in [3.8, 4) is 0 Å². The highest BCUT2D eigenvalue weighted by molar-refractivity contribution is 9.09. The topological polar surface area (TPSA) is 40.5 Å². The van der Waals surface area contributed by atoms with Crippen LogP contribution in [0.1, 0.15) is 12.8 Å². The molecular formula is C6H10BrNO2. The number of carbonyl (C=O) groups is 1. The molecule has 58 valence electrons. The Bertz CT molecular complexity index is 156. The molecule has 1 aliphatic carbocycles. The summed E-state index contributed by atoms with van der Waals surface area (Å²) in [6.45, 7) is 0. The van der Waals surface area contributed by atoms with Crippen LogP contribution in [0.3, 0.4) is 0 Å². The summed E-state index contributed by atoms with van der Waals surface area (Å²) in [5, 5.41) is 9.35. The zero-order valence-electron chi connectivity index (χ0n) is 5.80. The summed E-state index contributed by atoms with van der Waals surface area (Å²) in [6, 6.07) is 0. The molecule has 0 saturated heterocycles. The van der Waals surface area contributed by atoms with Crippen molar-refractivity contribution in [3.05, 3.63) is 0 Å². The van der Waals surface area contributed by atoms with Gasteiger partial charge in [-0.25, -0.2) is 4.79 Å². The van der Waals surface area contributed by atoms with Crippen molar-refractivity contribution in [2.75, 3.05) is 12.4 Å². The maximum absolute atomic E-state index is 10.4. The van der Waals surface area contributed by atoms with Gasteiger partial charge in [0.25, 0.3) is 0 Å². The number of rotatable bonds is 2. The van der Waals surface area contributed by atoms with Crippen LogP contribution >= 0.6 is 15.9 Å². The van der Waals surface area contributed by atoms with E-state index in [0.717, 1.165) is 18.2 Å². The minimum absolute atomic E-state index is 0.0775. The lowest BCUT2D eigenvalue weighted by atomic mass is 10.3. The first-order chi connectivity index (χ1) is 4.62. The van der Waals surface area contributed by atoms with E-state index in [1.165, 1.54) is 4.90 Å². The van der Waals surface area contributed by atoms with E-state index in [4.69, 9.17) is 5.11 Å². The number of amides is 1. The van der Waals surface area contributed by atoms with Crippen molar-refractivity contribution < 1.29 is 9.90 Å². The average molecular weight is 208 g/mol. The van der Waals surface area contributed by atoms with Crippen LogP contribution in [0.25, 0.3) is 0 Å². The standard InChI is InChI=1S/C6H10BrNO2/c1-8(5(9)10)6(4-7)2-3-6/h2-4H2,1H3,(H,9,10). The molecule has 1 amide bonds. The Morgan fingerprint density at radius 1 is 1.80 bits per heavy atom. The summed E-state index contributed by atoms with van der Waals surface area (Å²) in [7, 11) is 1.62. The molecule has 0 aromatic carbocycles. The molecule has 0 unspecified atom stereocenters. The third-order valence-electron chi connectivity index (χ3n) is 2.07. The monoisotopic (exact) mass is 207 g/mol. The molecule has 0 aliphatic heterocycles. The van der Waals surface area contributed by atoms with Crippen LogP contribution in [-0.4, -0.2) is 34.0 Å². The van der Waals surface area contributed by atoms with E-state index in [9.17, 15) is 4.79 Å². The fourth-order valence-electron chi connectivity index (χ4n) is 0.906. The predicted molar refractivity (Wildman–Crippen MR) is 41.5 cm³/mol. The Balaban J connectivity index is 2.55. The second-order valence-electron chi connectivity index (χ2n) is 2.70. The molecule has 1 fully saturated rings. The van der Waals surface area contributed by atoms with E-state index in [1.807, 2.05) is 0 Å². The van der Waals surface area contributed by atoms with Crippen LogP contribution in [-0.2, 0) is 0 Å². The quantitative estimate of drug-likeness (QED) is 0.699. The number of hydrogen-bond donors (Lipinski definition) is 1. The van der Waals surface area contributed by atoms with E-state index >= 15 is 0 Å². The Hall–Kier alpha value is -0.250. The SMILES string of the molecule is CN(C(=O)O)C1(CBr)CC1. The first-order valence-electron chi connectivity index (χ1n) is 3.15. The Kier molecular flexibility index (Phi) is 1.90. The normalized spacial score (nSPS) is 20.2. The molecule has 0 heterocycles. The van der Waals surface area contributed by atoms with Crippen molar-refractivity contribution in [2.45, 2.75) is 18.4 Å². The number of halogens is 1. The molecule has 3 nitrogen and oxygen atoms in total. The fourth-order valence-corrected chi connectivity index (χ4v) is 1.84. The highest BCUT2D eigenvalue weighted by atomic mass is 79.9. The van der Waals surface area contributed by atoms with E-state index in [2.05, 4.69) is 15.9 Å². The van der Waals surface area contributed by atoms with Crippen molar-refractivity contribution in [1.82, 2.24) is 4.90 Å². The summed E-state index contributed by atoms with van der Waals surface area (Å²) in [5.74, 6) is 0. The molecule has 1 saturated carbocycles. The van der Waals surface area contributed by atoms with E-state index in [0.29, 0.717) is 0 Å². The van der Waals surface area contributed by atoms with Crippen molar-refractivity contribution in [1.29, 1.82) is 0 Å². The maximum atomic E-state index is 10.4. The molecule has 0 atom stereocenters. The lowest BCUT2D eigenvalue weighted by Crippen LogP contribution is -2.39. The zero-order valence-corrected chi connectivity index (χ0v) is 7.39. The van der Waals surface area contributed by atoms with Crippen LogP contribution in [0, 0.1) is 0 Å². The summed E-state index contributed by atoms with van der Waals surface area (Å²) < 4.78 is 0. The highest BCUT2D eigenvalue weighted by Crippen LogP contribution is 2.42. The molecule has 10 heavy (non-hydrogen) atoms. The highest BCUT2D eigenvalue weighted by Gasteiger charge is 2.47. The second-order valence-corrected chi connectivity index (χ2v) is 3.26. The van der Waals surface area contributed by atoms with Gasteiger partial charge in [0.2, 0.25) is 0 Å². The first kappa shape index (κ1) is 7.85. The van der Waals surface area contributed by atoms with Gasteiger partial charge >= 0.3 is 6.09 Å². The maximum Gasteiger partial charge on any atom is 0.407 e. The summed E-state index contributed by atoms with van der Waals surface area (Å²) >= 11 is 3.30. The molecule has 0 radical (unpaired) electrons. The largest absolute Gasteiger partial charge is 0.465 e. The zero-order chi connectivity index (χ0) is 7.78. The predicted octanol–water partition coefficient (Wildman–Crippen LogP) is 1.52. The minimum atomic E-state index is -0.836. The molecule has 4 heteroatoms. The first-order valence-corrected chi connectivity index (χ1v) is 4.27. The molecule has 0 spiro atoms. The summed E-state index contributed by atoms with van der Waals surface area (Å²) in [4.78, 5) is 11.8. The molecule has 1 N–H and O–H groups in total. The molecule has 0 aromatic heterocycles. The molecule has 0 aromatic rings. The number of nitrogens with zero attached hydrogens (tertiary/aromatic N) is 1. The lowest BCUT2D eigenvalue weighted by molar-refractivity contribution is 0.138. The Morgan fingerprint density at radius 3 is 2.40 bits per heavy atom. The lowest BCUT2D eigenvalue weighted by Gasteiger charge is -2.22. The van der Waals surface area contributed by atoms with E-state index in [-0.39, 0.29) is 5.54 Å². The smallest absolute Gasteiger partial charge is 0.407 e. The number of alkyl halides is 1. The van der Waals surface area contributed by atoms with Crippen LogP contribution in [0.2, 0.25) is 0 Å². The van der Waals surface area contributed by atoms with Crippen LogP contribution in [0.5, 0.6) is 0 Å².